The summed E-state index contributed by atoms with van der Waals surface area (Å²) in [6.45, 7) is 0. The Labute approximate surface area is 117 Å². The summed E-state index contributed by atoms with van der Waals surface area (Å²) < 4.78 is 12.2. The van der Waals surface area contributed by atoms with Crippen LogP contribution < -0.4 is 5.32 Å². The van der Waals surface area contributed by atoms with E-state index in [0.29, 0.717) is 17.0 Å². The van der Waals surface area contributed by atoms with Crippen LogP contribution in [0.15, 0.2) is 29.2 Å². The van der Waals surface area contributed by atoms with Gasteiger partial charge in [0, 0.05) is 21.7 Å². The lowest BCUT2D eigenvalue weighted by Gasteiger charge is -2.18. The Morgan fingerprint density at radius 2 is 2.28 bits per heavy atom. The van der Waals surface area contributed by atoms with Crippen molar-refractivity contribution in [3.8, 4) is 0 Å². The second kappa shape index (κ2) is 6.69. The number of rotatable bonds is 5. The molecule has 0 bridgehead atoms. The average molecular weight is 286 g/mol. The Balaban J connectivity index is 1.88. The first-order chi connectivity index (χ1) is 8.70. The van der Waals surface area contributed by atoms with Gasteiger partial charge in [-0.15, -0.1) is 0 Å². The lowest BCUT2D eigenvalue weighted by atomic mass is 10.0. The molecule has 0 radical (unpaired) electrons. The van der Waals surface area contributed by atoms with Crippen molar-refractivity contribution < 1.29 is 4.21 Å². The molecule has 4 heteroatoms. The molecule has 0 saturated heterocycles. The van der Waals surface area contributed by atoms with Gasteiger partial charge < -0.3 is 5.32 Å². The van der Waals surface area contributed by atoms with Gasteiger partial charge in [-0.25, -0.2) is 0 Å². The van der Waals surface area contributed by atoms with Crippen LogP contribution in [-0.2, 0) is 10.8 Å². The van der Waals surface area contributed by atoms with Crippen LogP contribution in [0.4, 0.5) is 0 Å². The van der Waals surface area contributed by atoms with Crippen LogP contribution in [0.1, 0.15) is 25.7 Å². The molecule has 0 spiro atoms. The van der Waals surface area contributed by atoms with Crippen LogP contribution in [0.2, 0.25) is 5.02 Å². The Morgan fingerprint density at radius 3 is 3.00 bits per heavy atom. The molecule has 0 heterocycles. The standard InChI is InChI=1S/C14H20ClNOS/c1-16-14-7-2-4-11(14)8-9-18(17)13-6-3-5-12(15)10-13/h3,5-6,10-11,14,16H,2,4,7-9H2,1H3. The fourth-order valence-corrected chi connectivity index (χ4v) is 4.24. The van der Waals surface area contributed by atoms with Crippen LogP contribution in [-0.4, -0.2) is 23.1 Å². The van der Waals surface area contributed by atoms with Crippen molar-refractivity contribution in [2.45, 2.75) is 36.6 Å². The third-order valence-corrected chi connectivity index (χ3v) is 5.38. The van der Waals surface area contributed by atoms with Gasteiger partial charge in [0.1, 0.15) is 0 Å². The SMILES string of the molecule is CNC1CCCC1CCS(=O)c1cccc(Cl)c1. The van der Waals surface area contributed by atoms with Gasteiger partial charge in [-0.3, -0.25) is 4.21 Å². The highest BCUT2D eigenvalue weighted by Crippen LogP contribution is 2.28. The lowest BCUT2D eigenvalue weighted by molar-refractivity contribution is 0.416. The average Bonchev–Trinajstić information content (AvgIpc) is 2.83. The van der Waals surface area contributed by atoms with Crippen molar-refractivity contribution in [1.29, 1.82) is 0 Å². The Morgan fingerprint density at radius 1 is 1.44 bits per heavy atom. The zero-order valence-electron chi connectivity index (χ0n) is 10.7. The van der Waals surface area contributed by atoms with Crippen molar-refractivity contribution in [2.75, 3.05) is 12.8 Å². The third kappa shape index (κ3) is 3.56. The molecule has 2 nitrogen and oxygen atoms in total. The highest BCUT2D eigenvalue weighted by atomic mass is 35.5. The molecule has 0 aromatic heterocycles. The molecular weight excluding hydrogens is 266 g/mol. The molecule has 1 N–H and O–H groups in total. The molecule has 1 aromatic rings. The summed E-state index contributed by atoms with van der Waals surface area (Å²) in [5.74, 6) is 1.42. The van der Waals surface area contributed by atoms with Gasteiger partial charge in [0.05, 0.1) is 10.8 Å². The molecule has 0 amide bonds. The van der Waals surface area contributed by atoms with Gasteiger partial charge in [0.2, 0.25) is 0 Å². The summed E-state index contributed by atoms with van der Waals surface area (Å²) in [5, 5.41) is 4.03. The molecule has 1 fully saturated rings. The molecule has 3 atom stereocenters. The third-order valence-electron chi connectivity index (χ3n) is 3.76. The number of benzene rings is 1. The summed E-state index contributed by atoms with van der Waals surface area (Å²) in [5.41, 5.74) is 0. The summed E-state index contributed by atoms with van der Waals surface area (Å²) in [6, 6.07) is 7.99. The molecule has 1 aliphatic carbocycles. The van der Waals surface area contributed by atoms with Gasteiger partial charge >= 0.3 is 0 Å². The van der Waals surface area contributed by atoms with E-state index < -0.39 is 10.8 Å². The van der Waals surface area contributed by atoms with E-state index in [1.165, 1.54) is 19.3 Å². The number of hydrogen-bond donors (Lipinski definition) is 1. The summed E-state index contributed by atoms with van der Waals surface area (Å²) in [6.07, 6.45) is 4.84. The predicted octanol–water partition coefficient (Wildman–Crippen LogP) is 3.23. The van der Waals surface area contributed by atoms with Gasteiger partial charge in [-0.1, -0.05) is 24.1 Å². The Bertz CT molecular complexity index is 424. The minimum absolute atomic E-state index is 0.612. The van der Waals surface area contributed by atoms with E-state index >= 15 is 0 Å². The maximum absolute atomic E-state index is 12.2. The topological polar surface area (TPSA) is 29.1 Å². The lowest BCUT2D eigenvalue weighted by Crippen LogP contribution is -2.29. The molecule has 1 aliphatic rings. The molecular formula is C14H20ClNOS. The Kier molecular flexibility index (Phi) is 5.22. The van der Waals surface area contributed by atoms with E-state index in [-0.39, 0.29) is 0 Å². The molecule has 3 unspecified atom stereocenters. The van der Waals surface area contributed by atoms with Gasteiger partial charge in [0.25, 0.3) is 0 Å². The smallest absolute Gasteiger partial charge is 0.0530 e. The zero-order valence-corrected chi connectivity index (χ0v) is 12.3. The molecule has 18 heavy (non-hydrogen) atoms. The first-order valence-electron chi connectivity index (χ1n) is 6.52. The predicted molar refractivity (Wildman–Crippen MR) is 77.5 cm³/mol. The molecule has 100 valence electrons. The number of nitrogens with one attached hydrogen (secondary N) is 1. The first-order valence-corrected chi connectivity index (χ1v) is 8.21. The largest absolute Gasteiger partial charge is 0.317 e. The molecule has 2 rings (SSSR count). The maximum atomic E-state index is 12.2. The second-order valence-electron chi connectivity index (χ2n) is 4.88. The van der Waals surface area contributed by atoms with Crippen molar-refractivity contribution in [1.82, 2.24) is 5.32 Å². The van der Waals surface area contributed by atoms with Crippen molar-refractivity contribution in [2.24, 2.45) is 5.92 Å². The van der Waals surface area contributed by atoms with E-state index in [4.69, 9.17) is 11.6 Å². The quantitative estimate of drug-likeness (QED) is 0.900. The van der Waals surface area contributed by atoms with E-state index in [0.717, 1.165) is 17.1 Å². The van der Waals surface area contributed by atoms with Crippen molar-refractivity contribution >= 4 is 22.4 Å². The molecule has 1 aromatic carbocycles. The second-order valence-corrected chi connectivity index (χ2v) is 6.89. The Hall–Kier alpha value is -0.380. The van der Waals surface area contributed by atoms with Gasteiger partial charge in [0.15, 0.2) is 0 Å². The minimum atomic E-state index is -0.919. The van der Waals surface area contributed by atoms with E-state index in [1.54, 1.807) is 0 Å². The molecule has 1 saturated carbocycles. The highest BCUT2D eigenvalue weighted by Gasteiger charge is 2.25. The highest BCUT2D eigenvalue weighted by molar-refractivity contribution is 7.85. The molecule has 0 aliphatic heterocycles. The fraction of sp³-hybridized carbons (Fsp3) is 0.571. The number of halogens is 1. The minimum Gasteiger partial charge on any atom is -0.317 e. The van der Waals surface area contributed by atoms with E-state index in [9.17, 15) is 4.21 Å². The summed E-state index contributed by atoms with van der Waals surface area (Å²) in [7, 11) is 1.11. The summed E-state index contributed by atoms with van der Waals surface area (Å²) >= 11 is 5.92. The van der Waals surface area contributed by atoms with E-state index in [2.05, 4.69) is 5.32 Å². The van der Waals surface area contributed by atoms with Crippen LogP contribution in [0, 0.1) is 5.92 Å². The van der Waals surface area contributed by atoms with Crippen molar-refractivity contribution in [3.05, 3.63) is 29.3 Å². The zero-order chi connectivity index (χ0) is 13.0. The first kappa shape index (κ1) is 14.0. The van der Waals surface area contributed by atoms with Gasteiger partial charge in [-0.2, -0.15) is 0 Å². The van der Waals surface area contributed by atoms with Crippen LogP contribution in [0.25, 0.3) is 0 Å². The maximum Gasteiger partial charge on any atom is 0.0530 e. The van der Waals surface area contributed by atoms with Crippen molar-refractivity contribution in [3.63, 3.8) is 0 Å². The normalized spacial score (nSPS) is 25.2. The van der Waals surface area contributed by atoms with Gasteiger partial charge in [-0.05, 0) is 50.4 Å². The fourth-order valence-electron chi connectivity index (χ4n) is 2.75. The van der Waals surface area contributed by atoms with Crippen LogP contribution in [0.3, 0.4) is 0 Å². The monoisotopic (exact) mass is 285 g/mol. The van der Waals surface area contributed by atoms with Crippen LogP contribution in [0.5, 0.6) is 0 Å². The summed E-state index contributed by atoms with van der Waals surface area (Å²) in [4.78, 5) is 0.849. The number of hydrogen-bond acceptors (Lipinski definition) is 2. The van der Waals surface area contributed by atoms with Crippen LogP contribution >= 0.6 is 11.6 Å². The van der Waals surface area contributed by atoms with E-state index in [1.807, 2.05) is 31.3 Å².